The standard InChI is InChI=1S/C20H25N3O5S/c1-5-27-20(26)17-13-7-6-11(2)8-15(13)29-18(17)22-16(24)10-28-19(25)14-9-21-23(4)12(14)3/h9,11H,5-8,10H2,1-4H3,(H,22,24). The molecule has 1 unspecified atom stereocenters. The van der Waals surface area contributed by atoms with E-state index < -0.39 is 24.5 Å². The van der Waals surface area contributed by atoms with Gasteiger partial charge in [0.15, 0.2) is 6.61 Å². The highest BCUT2D eigenvalue weighted by Gasteiger charge is 2.29. The van der Waals surface area contributed by atoms with E-state index in [2.05, 4.69) is 17.3 Å². The van der Waals surface area contributed by atoms with Crippen molar-refractivity contribution in [2.75, 3.05) is 18.5 Å². The van der Waals surface area contributed by atoms with Crippen molar-refractivity contribution < 1.29 is 23.9 Å². The van der Waals surface area contributed by atoms with Crippen LogP contribution >= 0.6 is 11.3 Å². The number of ether oxygens (including phenoxy) is 2. The van der Waals surface area contributed by atoms with E-state index in [1.165, 1.54) is 17.5 Å². The van der Waals surface area contributed by atoms with E-state index in [0.717, 1.165) is 29.7 Å². The molecule has 8 nitrogen and oxygen atoms in total. The summed E-state index contributed by atoms with van der Waals surface area (Å²) in [6, 6.07) is 0. The normalized spacial score (nSPS) is 15.5. The van der Waals surface area contributed by atoms with Gasteiger partial charge in [0, 0.05) is 17.6 Å². The molecule has 0 saturated carbocycles. The first-order chi connectivity index (χ1) is 13.8. The van der Waals surface area contributed by atoms with Gasteiger partial charge in [0.2, 0.25) is 0 Å². The maximum atomic E-state index is 12.5. The number of esters is 2. The third-order valence-electron chi connectivity index (χ3n) is 5.03. The van der Waals surface area contributed by atoms with Crippen molar-refractivity contribution in [1.29, 1.82) is 0 Å². The average molecular weight is 420 g/mol. The number of hydrogen-bond donors (Lipinski definition) is 1. The SMILES string of the molecule is CCOC(=O)c1c(NC(=O)COC(=O)c2cnn(C)c2C)sc2c1CCC(C)C2. The molecule has 9 heteroatoms. The summed E-state index contributed by atoms with van der Waals surface area (Å²) in [6.07, 6.45) is 4.05. The Balaban J connectivity index is 1.71. The van der Waals surface area contributed by atoms with E-state index in [-0.39, 0.29) is 6.61 Å². The lowest BCUT2D eigenvalue weighted by Gasteiger charge is -2.18. The predicted octanol–water partition coefficient (Wildman–Crippen LogP) is 2.89. The first-order valence-electron chi connectivity index (χ1n) is 9.59. The van der Waals surface area contributed by atoms with Crippen LogP contribution in [0.2, 0.25) is 0 Å². The highest BCUT2D eigenvalue weighted by molar-refractivity contribution is 7.17. The molecule has 0 bridgehead atoms. The molecule has 0 aliphatic heterocycles. The van der Waals surface area contributed by atoms with Crippen molar-refractivity contribution in [1.82, 2.24) is 9.78 Å². The summed E-state index contributed by atoms with van der Waals surface area (Å²) < 4.78 is 11.9. The molecule has 1 amide bonds. The van der Waals surface area contributed by atoms with E-state index in [9.17, 15) is 14.4 Å². The Morgan fingerprint density at radius 3 is 2.72 bits per heavy atom. The number of aryl methyl sites for hydroxylation is 1. The molecule has 0 spiro atoms. The molecule has 1 N–H and O–H groups in total. The van der Waals surface area contributed by atoms with Gasteiger partial charge in [-0.1, -0.05) is 6.92 Å². The molecule has 0 radical (unpaired) electrons. The quantitative estimate of drug-likeness (QED) is 0.723. The first-order valence-corrected chi connectivity index (χ1v) is 10.4. The van der Waals surface area contributed by atoms with Crippen LogP contribution in [0.5, 0.6) is 0 Å². The summed E-state index contributed by atoms with van der Waals surface area (Å²) in [5.41, 5.74) is 2.36. The van der Waals surface area contributed by atoms with E-state index in [1.807, 2.05) is 0 Å². The molecule has 29 heavy (non-hydrogen) atoms. The number of thiophene rings is 1. The fourth-order valence-electron chi connectivity index (χ4n) is 3.33. The Bertz CT molecular complexity index is 946. The summed E-state index contributed by atoms with van der Waals surface area (Å²) >= 11 is 1.40. The zero-order valence-electron chi connectivity index (χ0n) is 17.0. The number of carbonyl (C=O) groups is 3. The Kier molecular flexibility index (Phi) is 6.36. The van der Waals surface area contributed by atoms with Crippen molar-refractivity contribution in [3.63, 3.8) is 0 Å². The van der Waals surface area contributed by atoms with Crippen LogP contribution in [-0.2, 0) is 34.2 Å². The minimum absolute atomic E-state index is 0.259. The molecule has 2 aromatic rings. The van der Waals surface area contributed by atoms with Gasteiger partial charge in [-0.3, -0.25) is 9.48 Å². The third kappa shape index (κ3) is 4.50. The number of amides is 1. The fraction of sp³-hybridized carbons (Fsp3) is 0.500. The topological polar surface area (TPSA) is 99.5 Å². The van der Waals surface area contributed by atoms with E-state index in [4.69, 9.17) is 9.47 Å². The molecule has 2 heterocycles. The minimum Gasteiger partial charge on any atom is -0.462 e. The van der Waals surface area contributed by atoms with Crippen molar-refractivity contribution in [3.8, 4) is 0 Å². The summed E-state index contributed by atoms with van der Waals surface area (Å²) in [4.78, 5) is 38.2. The molecule has 3 rings (SSSR count). The third-order valence-corrected chi connectivity index (χ3v) is 6.20. The Morgan fingerprint density at radius 1 is 1.31 bits per heavy atom. The zero-order valence-corrected chi connectivity index (χ0v) is 17.9. The summed E-state index contributed by atoms with van der Waals surface area (Å²) in [7, 11) is 1.72. The van der Waals surface area contributed by atoms with E-state index >= 15 is 0 Å². The van der Waals surface area contributed by atoms with Gasteiger partial charge in [-0.15, -0.1) is 11.3 Å². The average Bonchev–Trinajstić information content (AvgIpc) is 3.19. The molecular weight excluding hydrogens is 394 g/mol. The number of nitrogens with one attached hydrogen (secondary N) is 1. The molecule has 1 aliphatic carbocycles. The number of rotatable bonds is 6. The van der Waals surface area contributed by atoms with Crippen LogP contribution < -0.4 is 5.32 Å². The summed E-state index contributed by atoms with van der Waals surface area (Å²) in [5, 5.41) is 7.18. The van der Waals surface area contributed by atoms with Gasteiger partial charge in [-0.25, -0.2) is 9.59 Å². The predicted molar refractivity (Wildman–Crippen MR) is 108 cm³/mol. The van der Waals surface area contributed by atoms with Gasteiger partial charge in [-0.2, -0.15) is 5.10 Å². The lowest BCUT2D eigenvalue weighted by molar-refractivity contribution is -0.119. The number of nitrogens with zero attached hydrogens (tertiary/aromatic N) is 2. The van der Waals surface area contributed by atoms with E-state index in [1.54, 1.807) is 25.6 Å². The highest BCUT2D eigenvalue weighted by Crippen LogP contribution is 2.40. The fourth-order valence-corrected chi connectivity index (χ4v) is 4.74. The Hall–Kier alpha value is -2.68. The maximum absolute atomic E-state index is 12.5. The molecule has 156 valence electrons. The molecule has 0 aromatic carbocycles. The van der Waals surface area contributed by atoms with Crippen molar-refractivity contribution in [2.45, 2.75) is 40.0 Å². The number of carbonyl (C=O) groups excluding carboxylic acids is 3. The highest BCUT2D eigenvalue weighted by atomic mass is 32.1. The zero-order chi connectivity index (χ0) is 21.1. The van der Waals surface area contributed by atoms with Crippen LogP contribution in [-0.4, -0.2) is 40.8 Å². The maximum Gasteiger partial charge on any atom is 0.342 e. The summed E-state index contributed by atoms with van der Waals surface area (Å²) in [5.74, 6) is -1.02. The van der Waals surface area contributed by atoms with Crippen molar-refractivity contribution in [2.24, 2.45) is 13.0 Å². The van der Waals surface area contributed by atoms with Crippen molar-refractivity contribution >= 4 is 34.2 Å². The molecule has 1 aliphatic rings. The van der Waals surface area contributed by atoms with Crippen LogP contribution in [0.4, 0.5) is 5.00 Å². The second-order valence-corrected chi connectivity index (χ2v) is 8.27. The molecule has 0 saturated heterocycles. The van der Waals surface area contributed by atoms with Gasteiger partial charge in [0.25, 0.3) is 5.91 Å². The second-order valence-electron chi connectivity index (χ2n) is 7.17. The van der Waals surface area contributed by atoms with Crippen LogP contribution in [0.25, 0.3) is 0 Å². The van der Waals surface area contributed by atoms with E-state index in [0.29, 0.717) is 27.7 Å². The summed E-state index contributed by atoms with van der Waals surface area (Å²) in [6.45, 7) is 5.47. The number of anilines is 1. The number of hydrogen-bond acceptors (Lipinski definition) is 7. The molecular formula is C20H25N3O5S. The molecule has 0 fully saturated rings. The number of fused-ring (bicyclic) bond motifs is 1. The van der Waals surface area contributed by atoms with Gasteiger partial charge in [-0.05, 0) is 44.6 Å². The lowest BCUT2D eigenvalue weighted by atomic mass is 9.88. The molecule has 2 aromatic heterocycles. The monoisotopic (exact) mass is 419 g/mol. The largest absolute Gasteiger partial charge is 0.462 e. The molecule has 1 atom stereocenters. The van der Waals surface area contributed by atoms with Crippen LogP contribution in [0.15, 0.2) is 6.20 Å². The Morgan fingerprint density at radius 2 is 2.07 bits per heavy atom. The first kappa shape index (κ1) is 21.0. The second kappa shape index (κ2) is 8.77. The van der Waals surface area contributed by atoms with Crippen LogP contribution in [0.3, 0.4) is 0 Å². The van der Waals surface area contributed by atoms with Gasteiger partial charge >= 0.3 is 11.9 Å². The van der Waals surface area contributed by atoms with Crippen molar-refractivity contribution in [3.05, 3.63) is 33.5 Å². The Labute approximate surface area is 173 Å². The van der Waals surface area contributed by atoms with Gasteiger partial charge < -0.3 is 14.8 Å². The van der Waals surface area contributed by atoms with Gasteiger partial charge in [0.1, 0.15) is 10.6 Å². The van der Waals surface area contributed by atoms with Crippen LogP contribution in [0, 0.1) is 12.8 Å². The van der Waals surface area contributed by atoms with Gasteiger partial charge in [0.05, 0.1) is 18.4 Å². The minimum atomic E-state index is -0.615. The van der Waals surface area contributed by atoms with Crippen LogP contribution in [0.1, 0.15) is 57.1 Å². The smallest absolute Gasteiger partial charge is 0.342 e. The lowest BCUT2D eigenvalue weighted by Crippen LogP contribution is -2.22. The number of aromatic nitrogens is 2.